The number of nitrogens with zero attached hydrogens (tertiary/aromatic N) is 1. The molecule has 0 spiro atoms. The lowest BCUT2D eigenvalue weighted by atomic mass is 10.1. The van der Waals surface area contributed by atoms with E-state index in [0.717, 1.165) is 50.1 Å². The van der Waals surface area contributed by atoms with Gasteiger partial charge in [-0.25, -0.2) is 0 Å². The predicted octanol–water partition coefficient (Wildman–Crippen LogP) is 2.82. The molecule has 0 amide bonds. The fourth-order valence-electron chi connectivity index (χ4n) is 2.72. The van der Waals surface area contributed by atoms with E-state index >= 15 is 0 Å². The molecule has 1 aromatic carbocycles. The van der Waals surface area contributed by atoms with Gasteiger partial charge < -0.3 is 14.8 Å². The van der Waals surface area contributed by atoms with Crippen molar-refractivity contribution in [1.82, 2.24) is 10.2 Å². The van der Waals surface area contributed by atoms with Gasteiger partial charge in [0.25, 0.3) is 0 Å². The number of nitrogens with one attached hydrogen (secondary N) is 1. The molecule has 1 heterocycles. The molecule has 0 saturated carbocycles. The Kier molecular flexibility index (Phi) is 9.28. The van der Waals surface area contributed by atoms with Crippen LogP contribution < -0.4 is 14.8 Å². The molecule has 0 bridgehead atoms. The van der Waals surface area contributed by atoms with Gasteiger partial charge in [0.05, 0.1) is 6.61 Å². The van der Waals surface area contributed by atoms with Gasteiger partial charge in [0.15, 0.2) is 0 Å². The molecule has 0 aromatic heterocycles. The number of rotatable bonds is 9. The standard InChI is InChI=1S/C17H28N2O2.ClH/c1-3-11-20-16-4-6-17(7-5-16)21-12-10-19-9-8-15(14-19)13-18-2;/h4-7,15,18H,3,8-14H2,1-2H3;1H. The van der Waals surface area contributed by atoms with Crippen LogP contribution in [0.3, 0.4) is 0 Å². The zero-order chi connectivity index (χ0) is 14.9. The van der Waals surface area contributed by atoms with E-state index in [1.807, 2.05) is 31.3 Å². The van der Waals surface area contributed by atoms with Gasteiger partial charge in [0.1, 0.15) is 18.1 Å². The largest absolute Gasteiger partial charge is 0.494 e. The summed E-state index contributed by atoms with van der Waals surface area (Å²) in [6, 6.07) is 7.92. The van der Waals surface area contributed by atoms with Gasteiger partial charge in [-0.2, -0.15) is 0 Å². The number of hydrogen-bond acceptors (Lipinski definition) is 4. The van der Waals surface area contributed by atoms with Gasteiger partial charge in [-0.05, 0) is 63.2 Å². The Morgan fingerprint density at radius 1 is 1.14 bits per heavy atom. The minimum Gasteiger partial charge on any atom is -0.494 e. The van der Waals surface area contributed by atoms with E-state index in [0.29, 0.717) is 0 Å². The summed E-state index contributed by atoms with van der Waals surface area (Å²) < 4.78 is 11.4. The molecule has 1 aliphatic rings. The highest BCUT2D eigenvalue weighted by atomic mass is 35.5. The van der Waals surface area contributed by atoms with Crippen molar-refractivity contribution in [3.05, 3.63) is 24.3 Å². The van der Waals surface area contributed by atoms with Crippen LogP contribution in [0.15, 0.2) is 24.3 Å². The maximum Gasteiger partial charge on any atom is 0.119 e. The molecule has 1 aromatic rings. The molecule has 5 heteroatoms. The Morgan fingerprint density at radius 3 is 2.36 bits per heavy atom. The topological polar surface area (TPSA) is 33.7 Å². The first kappa shape index (κ1) is 19.1. The zero-order valence-corrected chi connectivity index (χ0v) is 14.5. The number of halogens is 1. The molecule has 126 valence electrons. The Hall–Kier alpha value is -0.970. The fraction of sp³-hybridized carbons (Fsp3) is 0.647. The van der Waals surface area contributed by atoms with E-state index in [4.69, 9.17) is 9.47 Å². The second-order valence-electron chi connectivity index (χ2n) is 5.68. The van der Waals surface area contributed by atoms with Crippen molar-refractivity contribution in [3.8, 4) is 11.5 Å². The number of hydrogen-bond donors (Lipinski definition) is 1. The van der Waals surface area contributed by atoms with Crippen molar-refractivity contribution in [3.63, 3.8) is 0 Å². The highest BCUT2D eigenvalue weighted by Crippen LogP contribution is 2.18. The maximum atomic E-state index is 5.81. The molecule has 22 heavy (non-hydrogen) atoms. The minimum absolute atomic E-state index is 0. The summed E-state index contributed by atoms with van der Waals surface area (Å²) in [6.45, 7) is 8.14. The number of benzene rings is 1. The Balaban J connectivity index is 0.00000242. The Labute approximate surface area is 140 Å². The maximum absolute atomic E-state index is 5.81. The predicted molar refractivity (Wildman–Crippen MR) is 93.4 cm³/mol. The van der Waals surface area contributed by atoms with Crippen LogP contribution in [0.1, 0.15) is 19.8 Å². The first-order valence-electron chi connectivity index (χ1n) is 8.04. The van der Waals surface area contributed by atoms with E-state index < -0.39 is 0 Å². The van der Waals surface area contributed by atoms with Crippen LogP contribution in [-0.2, 0) is 0 Å². The van der Waals surface area contributed by atoms with Crippen LogP contribution in [-0.4, -0.2) is 51.3 Å². The summed E-state index contributed by atoms with van der Waals surface area (Å²) in [6.07, 6.45) is 2.33. The van der Waals surface area contributed by atoms with Gasteiger partial charge in [-0.15, -0.1) is 12.4 Å². The Morgan fingerprint density at radius 2 is 1.77 bits per heavy atom. The first-order valence-corrected chi connectivity index (χ1v) is 8.04. The van der Waals surface area contributed by atoms with Gasteiger partial charge >= 0.3 is 0 Å². The molecule has 1 aliphatic heterocycles. The minimum atomic E-state index is 0. The van der Waals surface area contributed by atoms with E-state index in [1.54, 1.807) is 0 Å². The van der Waals surface area contributed by atoms with Crippen molar-refractivity contribution >= 4 is 12.4 Å². The molecular weight excluding hydrogens is 300 g/mol. The van der Waals surface area contributed by atoms with Crippen molar-refractivity contribution in [2.45, 2.75) is 19.8 Å². The fourth-order valence-corrected chi connectivity index (χ4v) is 2.72. The lowest BCUT2D eigenvalue weighted by Gasteiger charge is -2.16. The Bertz CT molecular complexity index is 400. The molecule has 1 atom stereocenters. The normalized spacial score (nSPS) is 18.0. The van der Waals surface area contributed by atoms with Gasteiger partial charge in [0, 0.05) is 13.1 Å². The van der Waals surface area contributed by atoms with E-state index in [9.17, 15) is 0 Å². The van der Waals surface area contributed by atoms with Crippen LogP contribution >= 0.6 is 12.4 Å². The summed E-state index contributed by atoms with van der Waals surface area (Å²) in [5.74, 6) is 2.63. The number of likely N-dealkylation sites (tertiary alicyclic amines) is 1. The van der Waals surface area contributed by atoms with Crippen molar-refractivity contribution < 1.29 is 9.47 Å². The smallest absolute Gasteiger partial charge is 0.119 e. The highest BCUT2D eigenvalue weighted by Gasteiger charge is 2.21. The molecular formula is C17H29ClN2O2. The third-order valence-corrected chi connectivity index (χ3v) is 3.84. The van der Waals surface area contributed by atoms with Gasteiger partial charge in [-0.3, -0.25) is 4.90 Å². The van der Waals surface area contributed by atoms with Gasteiger partial charge in [-0.1, -0.05) is 6.92 Å². The average Bonchev–Trinajstić information content (AvgIpc) is 2.94. The molecule has 1 fully saturated rings. The quantitative estimate of drug-likeness (QED) is 0.756. The van der Waals surface area contributed by atoms with E-state index in [2.05, 4.69) is 17.1 Å². The van der Waals surface area contributed by atoms with Crippen LogP contribution in [0.25, 0.3) is 0 Å². The average molecular weight is 329 g/mol. The summed E-state index contributed by atoms with van der Waals surface area (Å²) in [4.78, 5) is 2.49. The lowest BCUT2D eigenvalue weighted by molar-refractivity contribution is 0.232. The molecule has 1 saturated heterocycles. The highest BCUT2D eigenvalue weighted by molar-refractivity contribution is 5.85. The van der Waals surface area contributed by atoms with Crippen LogP contribution in [0.2, 0.25) is 0 Å². The summed E-state index contributed by atoms with van der Waals surface area (Å²) >= 11 is 0. The second kappa shape index (κ2) is 10.7. The van der Waals surface area contributed by atoms with E-state index in [1.165, 1.54) is 19.5 Å². The molecule has 1 unspecified atom stereocenters. The molecule has 2 rings (SSSR count). The third-order valence-electron chi connectivity index (χ3n) is 3.84. The zero-order valence-electron chi connectivity index (χ0n) is 13.7. The van der Waals surface area contributed by atoms with Crippen molar-refractivity contribution in [1.29, 1.82) is 0 Å². The monoisotopic (exact) mass is 328 g/mol. The lowest BCUT2D eigenvalue weighted by Crippen LogP contribution is -2.28. The first-order chi connectivity index (χ1) is 10.3. The SMILES string of the molecule is CCCOc1ccc(OCCN2CCC(CNC)C2)cc1.Cl. The molecule has 1 N–H and O–H groups in total. The molecule has 0 aliphatic carbocycles. The molecule has 4 nitrogen and oxygen atoms in total. The third kappa shape index (κ3) is 6.42. The van der Waals surface area contributed by atoms with Crippen LogP contribution in [0, 0.1) is 5.92 Å². The number of ether oxygens (including phenoxy) is 2. The summed E-state index contributed by atoms with van der Waals surface area (Å²) in [7, 11) is 2.03. The molecule has 0 radical (unpaired) electrons. The van der Waals surface area contributed by atoms with Gasteiger partial charge in [0.2, 0.25) is 0 Å². The summed E-state index contributed by atoms with van der Waals surface area (Å²) in [5, 5.41) is 3.26. The van der Waals surface area contributed by atoms with Crippen molar-refractivity contribution in [2.24, 2.45) is 5.92 Å². The summed E-state index contributed by atoms with van der Waals surface area (Å²) in [5.41, 5.74) is 0. The van der Waals surface area contributed by atoms with Crippen LogP contribution in [0.4, 0.5) is 0 Å². The van der Waals surface area contributed by atoms with Crippen molar-refractivity contribution in [2.75, 3.05) is 46.4 Å². The van der Waals surface area contributed by atoms with E-state index in [-0.39, 0.29) is 12.4 Å². The second-order valence-corrected chi connectivity index (χ2v) is 5.68. The van der Waals surface area contributed by atoms with Crippen LogP contribution in [0.5, 0.6) is 11.5 Å².